The fourth-order valence-electron chi connectivity index (χ4n) is 3.14. The van der Waals surface area contributed by atoms with Gasteiger partial charge in [-0.3, -0.25) is 4.79 Å². The van der Waals surface area contributed by atoms with Crippen molar-refractivity contribution in [1.82, 2.24) is 4.57 Å². The second kappa shape index (κ2) is 4.48. The summed E-state index contributed by atoms with van der Waals surface area (Å²) in [5.41, 5.74) is 3.00. The third-order valence-electron chi connectivity index (χ3n) is 4.01. The van der Waals surface area contributed by atoms with Crippen LogP contribution in [0.1, 0.15) is 13.3 Å². The van der Waals surface area contributed by atoms with E-state index in [4.69, 9.17) is 4.42 Å². The molecule has 0 saturated carbocycles. The van der Waals surface area contributed by atoms with E-state index in [0.29, 0.717) is 11.0 Å². The van der Waals surface area contributed by atoms with E-state index in [1.54, 1.807) is 0 Å². The number of fused-ring (bicyclic) bond motifs is 5. The smallest absolute Gasteiger partial charge is 0.192 e. The summed E-state index contributed by atoms with van der Waals surface area (Å²) in [7, 11) is 0. The predicted octanol–water partition coefficient (Wildman–Crippen LogP) is 4.31. The molecule has 0 unspecified atom stereocenters. The lowest BCUT2D eigenvalue weighted by Crippen LogP contribution is -1.99. The van der Waals surface area contributed by atoms with Crippen LogP contribution in [0.25, 0.3) is 32.8 Å². The molecular weight excluding hydrogens is 262 g/mol. The van der Waals surface area contributed by atoms with Crippen LogP contribution in [-0.4, -0.2) is 4.57 Å². The van der Waals surface area contributed by atoms with E-state index in [1.165, 1.54) is 17.8 Å². The molecule has 0 amide bonds. The highest BCUT2D eigenvalue weighted by atomic mass is 16.3. The molecule has 0 fully saturated rings. The number of aromatic nitrogens is 1. The van der Waals surface area contributed by atoms with Gasteiger partial charge in [-0.05, 0) is 24.6 Å². The summed E-state index contributed by atoms with van der Waals surface area (Å²) in [4.78, 5) is 12.0. The molecular formula is C18H15NO2. The Labute approximate surface area is 121 Å². The summed E-state index contributed by atoms with van der Waals surface area (Å²) in [6.07, 6.45) is 2.54. The summed E-state index contributed by atoms with van der Waals surface area (Å²) in [5.74, 6) is 0. The second-order valence-electron chi connectivity index (χ2n) is 5.29. The topological polar surface area (TPSA) is 35.1 Å². The average molecular weight is 277 g/mol. The molecule has 2 aromatic carbocycles. The van der Waals surface area contributed by atoms with Crippen LogP contribution in [0.3, 0.4) is 0 Å². The largest absolute Gasteiger partial charge is 0.463 e. The van der Waals surface area contributed by atoms with Gasteiger partial charge in [0.1, 0.15) is 5.58 Å². The van der Waals surface area contributed by atoms with Crippen LogP contribution in [0.4, 0.5) is 0 Å². The number of hydrogen-bond acceptors (Lipinski definition) is 2. The van der Waals surface area contributed by atoms with Gasteiger partial charge in [-0.1, -0.05) is 25.1 Å². The first-order chi connectivity index (χ1) is 10.3. The Hall–Kier alpha value is -2.55. The zero-order valence-electron chi connectivity index (χ0n) is 11.8. The van der Waals surface area contributed by atoms with Crippen LogP contribution < -0.4 is 5.43 Å². The molecule has 0 aliphatic heterocycles. The number of hydrogen-bond donors (Lipinski definition) is 0. The van der Waals surface area contributed by atoms with E-state index in [-0.39, 0.29) is 5.43 Å². The molecule has 4 aromatic rings. The van der Waals surface area contributed by atoms with Crippen molar-refractivity contribution in [3.8, 4) is 0 Å². The van der Waals surface area contributed by atoms with E-state index in [1.807, 2.05) is 24.3 Å². The molecule has 0 spiro atoms. The van der Waals surface area contributed by atoms with Gasteiger partial charge in [-0.2, -0.15) is 0 Å². The van der Waals surface area contributed by atoms with Crippen molar-refractivity contribution in [1.29, 1.82) is 0 Å². The number of benzene rings is 2. The summed E-state index contributed by atoms with van der Waals surface area (Å²) < 4.78 is 7.99. The standard InChI is InChI=1S/C18H15NO2/c1-2-10-19-14-6-4-3-5-12(14)17-15(19)8-7-13-16(20)9-11-21-18(13)17/h3-9,11H,2,10H2,1H3. The van der Waals surface area contributed by atoms with Gasteiger partial charge in [0.25, 0.3) is 0 Å². The van der Waals surface area contributed by atoms with Gasteiger partial charge in [0.05, 0.1) is 22.6 Å². The maximum Gasteiger partial charge on any atom is 0.192 e. The van der Waals surface area contributed by atoms with E-state index in [0.717, 1.165) is 29.3 Å². The Kier molecular flexibility index (Phi) is 2.61. The second-order valence-corrected chi connectivity index (χ2v) is 5.29. The Balaban J connectivity index is 2.32. The van der Waals surface area contributed by atoms with E-state index < -0.39 is 0 Å². The van der Waals surface area contributed by atoms with Crippen LogP contribution in [-0.2, 0) is 6.54 Å². The van der Waals surface area contributed by atoms with Gasteiger partial charge in [0.15, 0.2) is 5.43 Å². The minimum atomic E-state index is 0.00507. The molecule has 21 heavy (non-hydrogen) atoms. The molecule has 0 atom stereocenters. The molecule has 2 aromatic heterocycles. The fourth-order valence-corrected chi connectivity index (χ4v) is 3.14. The maximum absolute atomic E-state index is 12.0. The minimum Gasteiger partial charge on any atom is -0.463 e. The summed E-state index contributed by atoms with van der Waals surface area (Å²) in [6, 6.07) is 13.7. The minimum absolute atomic E-state index is 0.00507. The fraction of sp³-hybridized carbons (Fsp3) is 0.167. The first-order valence-corrected chi connectivity index (χ1v) is 7.22. The average Bonchev–Trinajstić information content (AvgIpc) is 2.83. The molecule has 0 N–H and O–H groups in total. The lowest BCUT2D eigenvalue weighted by molar-refractivity contribution is 0.606. The van der Waals surface area contributed by atoms with Crippen LogP contribution in [0, 0.1) is 0 Å². The summed E-state index contributed by atoms with van der Waals surface area (Å²) >= 11 is 0. The van der Waals surface area contributed by atoms with Crippen molar-refractivity contribution >= 4 is 32.8 Å². The van der Waals surface area contributed by atoms with Gasteiger partial charge < -0.3 is 8.98 Å². The molecule has 104 valence electrons. The molecule has 4 rings (SSSR count). The summed E-state index contributed by atoms with van der Waals surface area (Å²) in [5, 5.41) is 2.82. The van der Waals surface area contributed by atoms with Gasteiger partial charge in [0.2, 0.25) is 0 Å². The Morgan fingerprint density at radius 3 is 2.71 bits per heavy atom. The van der Waals surface area contributed by atoms with E-state index >= 15 is 0 Å². The predicted molar refractivity (Wildman–Crippen MR) is 85.8 cm³/mol. The normalized spacial score (nSPS) is 11.7. The lowest BCUT2D eigenvalue weighted by atomic mass is 10.1. The van der Waals surface area contributed by atoms with Crippen LogP contribution in [0.5, 0.6) is 0 Å². The molecule has 0 aliphatic carbocycles. The van der Waals surface area contributed by atoms with Crippen molar-refractivity contribution in [3.63, 3.8) is 0 Å². The summed E-state index contributed by atoms with van der Waals surface area (Å²) in [6.45, 7) is 3.12. The first-order valence-electron chi connectivity index (χ1n) is 7.22. The van der Waals surface area contributed by atoms with Crippen LogP contribution in [0.2, 0.25) is 0 Å². The molecule has 3 nitrogen and oxygen atoms in total. The van der Waals surface area contributed by atoms with Gasteiger partial charge in [-0.15, -0.1) is 0 Å². The maximum atomic E-state index is 12.0. The van der Waals surface area contributed by atoms with Crippen molar-refractivity contribution in [3.05, 3.63) is 59.0 Å². The lowest BCUT2D eigenvalue weighted by Gasteiger charge is -2.05. The van der Waals surface area contributed by atoms with Gasteiger partial charge in [0, 0.05) is 23.5 Å². The van der Waals surface area contributed by atoms with Crippen molar-refractivity contribution in [2.45, 2.75) is 19.9 Å². The highest BCUT2D eigenvalue weighted by Crippen LogP contribution is 2.33. The SMILES string of the molecule is CCCn1c2ccccc2c2c3occc(=O)c3ccc21. The van der Waals surface area contributed by atoms with E-state index in [9.17, 15) is 4.79 Å². The van der Waals surface area contributed by atoms with Crippen molar-refractivity contribution in [2.75, 3.05) is 0 Å². The van der Waals surface area contributed by atoms with Gasteiger partial charge in [-0.25, -0.2) is 0 Å². The Morgan fingerprint density at radius 1 is 1.00 bits per heavy atom. The van der Waals surface area contributed by atoms with E-state index in [2.05, 4.69) is 23.6 Å². The number of aryl methyl sites for hydroxylation is 1. The van der Waals surface area contributed by atoms with Crippen LogP contribution in [0.15, 0.2) is 57.9 Å². The zero-order valence-corrected chi connectivity index (χ0v) is 11.8. The Morgan fingerprint density at radius 2 is 1.86 bits per heavy atom. The highest BCUT2D eigenvalue weighted by molar-refractivity contribution is 6.18. The van der Waals surface area contributed by atoms with Gasteiger partial charge >= 0.3 is 0 Å². The molecule has 0 saturated heterocycles. The highest BCUT2D eigenvalue weighted by Gasteiger charge is 2.14. The zero-order chi connectivity index (χ0) is 14.4. The molecule has 2 heterocycles. The van der Waals surface area contributed by atoms with Crippen molar-refractivity contribution < 1.29 is 4.42 Å². The number of para-hydroxylation sites is 1. The quantitative estimate of drug-likeness (QED) is 0.547. The Bertz CT molecular complexity index is 1020. The molecule has 3 heteroatoms. The molecule has 0 radical (unpaired) electrons. The van der Waals surface area contributed by atoms with Crippen molar-refractivity contribution in [2.24, 2.45) is 0 Å². The molecule has 0 bridgehead atoms. The van der Waals surface area contributed by atoms with Crippen LogP contribution >= 0.6 is 0 Å². The third-order valence-corrected chi connectivity index (χ3v) is 4.01. The first kappa shape index (κ1) is 12.2. The molecule has 0 aliphatic rings. The third kappa shape index (κ3) is 1.64. The monoisotopic (exact) mass is 277 g/mol. The number of rotatable bonds is 2. The number of nitrogens with zero attached hydrogens (tertiary/aromatic N) is 1.